The van der Waals surface area contributed by atoms with Gasteiger partial charge in [0.15, 0.2) is 0 Å². The van der Waals surface area contributed by atoms with Crippen LogP contribution >= 0.6 is 11.3 Å². The van der Waals surface area contributed by atoms with Crippen LogP contribution < -0.4 is 16.9 Å². The number of imidazole rings is 1. The van der Waals surface area contributed by atoms with Crippen molar-refractivity contribution in [3.63, 3.8) is 0 Å². The predicted octanol–water partition coefficient (Wildman–Crippen LogP) is 3.07. The van der Waals surface area contributed by atoms with Crippen LogP contribution in [-0.2, 0) is 19.6 Å². The summed E-state index contributed by atoms with van der Waals surface area (Å²) in [4.78, 5) is 41.3. The van der Waals surface area contributed by atoms with E-state index in [1.54, 1.807) is 13.1 Å². The highest BCUT2D eigenvalue weighted by Gasteiger charge is 2.29. The molecule has 0 aliphatic carbocycles. The molecule has 3 rings (SSSR count). The number of hydrogen-bond donors (Lipinski definition) is 1. The third-order valence-corrected chi connectivity index (χ3v) is 5.98. The minimum Gasteiger partial charge on any atom is -0.313 e. The lowest BCUT2D eigenvalue weighted by molar-refractivity contribution is -0.136. The number of nitrogens with zero attached hydrogens (tertiary/aromatic N) is 3. The van der Waals surface area contributed by atoms with E-state index < -0.39 is 35.8 Å². The number of halogens is 3. The molecule has 11 heteroatoms. The van der Waals surface area contributed by atoms with E-state index in [2.05, 4.69) is 4.98 Å². The Bertz CT molecular complexity index is 1250. The van der Waals surface area contributed by atoms with Crippen LogP contribution in [0.5, 0.6) is 0 Å². The largest absolute Gasteiger partial charge is 0.390 e. The van der Waals surface area contributed by atoms with Gasteiger partial charge in [0.05, 0.1) is 18.4 Å². The van der Waals surface area contributed by atoms with E-state index in [1.165, 1.54) is 10.8 Å². The fourth-order valence-electron chi connectivity index (χ4n) is 3.27. The van der Waals surface area contributed by atoms with E-state index in [9.17, 15) is 27.6 Å². The van der Waals surface area contributed by atoms with Crippen molar-refractivity contribution >= 4 is 21.6 Å². The van der Waals surface area contributed by atoms with Gasteiger partial charge in [-0.2, -0.15) is 13.2 Å². The van der Waals surface area contributed by atoms with Crippen molar-refractivity contribution in [3.05, 3.63) is 54.2 Å². The molecule has 0 fully saturated rings. The summed E-state index contributed by atoms with van der Waals surface area (Å²) in [5.41, 5.74) is -1.47. The molecule has 0 unspecified atom stereocenters. The number of fused-ring (bicyclic) bond motifs is 1. The summed E-state index contributed by atoms with van der Waals surface area (Å²) in [6.07, 6.45) is -2.61. The van der Waals surface area contributed by atoms with E-state index in [-0.39, 0.29) is 29.0 Å². The summed E-state index contributed by atoms with van der Waals surface area (Å²) in [5, 5.41) is 0.226. The van der Waals surface area contributed by atoms with Crippen molar-refractivity contribution < 1.29 is 13.2 Å². The highest BCUT2D eigenvalue weighted by atomic mass is 32.1. The zero-order valence-electron chi connectivity index (χ0n) is 17.1. The van der Waals surface area contributed by atoms with Crippen molar-refractivity contribution in [2.45, 2.75) is 59.9 Å². The number of rotatable bonds is 5. The van der Waals surface area contributed by atoms with Gasteiger partial charge >= 0.3 is 17.6 Å². The highest BCUT2D eigenvalue weighted by molar-refractivity contribution is 7.18. The quantitative estimate of drug-likeness (QED) is 0.657. The molecular formula is C19H23F3N4O3S. The van der Waals surface area contributed by atoms with Gasteiger partial charge in [-0.3, -0.25) is 18.5 Å². The van der Waals surface area contributed by atoms with Gasteiger partial charge in [-0.1, -0.05) is 20.8 Å². The van der Waals surface area contributed by atoms with E-state index in [1.807, 2.05) is 20.8 Å². The Morgan fingerprint density at radius 1 is 1.10 bits per heavy atom. The Kier molecular flexibility index (Phi) is 5.61. The van der Waals surface area contributed by atoms with Crippen LogP contribution in [0.25, 0.3) is 10.2 Å². The van der Waals surface area contributed by atoms with Crippen molar-refractivity contribution in [2.75, 3.05) is 0 Å². The molecule has 3 aromatic rings. The Hall–Kier alpha value is -2.56. The molecule has 0 bridgehead atoms. The fraction of sp³-hybridized carbons (Fsp3) is 0.526. The van der Waals surface area contributed by atoms with Crippen LogP contribution in [0.4, 0.5) is 13.2 Å². The standard InChI is InChI=1S/C19H23F3N4O3S/c1-11-12(9-24-8-6-23-16(24)28)30-15-13(11)14(27)26(10-18(2,3)4)17(29)25(15)7-5-19(20,21)22/h6,8H,5,7,9-10H2,1-4H3,(H,23,28). The molecule has 0 radical (unpaired) electrons. The first kappa shape index (κ1) is 22.1. The van der Waals surface area contributed by atoms with Crippen LogP contribution in [0.15, 0.2) is 26.8 Å². The van der Waals surface area contributed by atoms with Crippen LogP contribution in [0.3, 0.4) is 0 Å². The van der Waals surface area contributed by atoms with Crippen molar-refractivity contribution in [2.24, 2.45) is 5.41 Å². The van der Waals surface area contributed by atoms with Crippen LogP contribution in [0.2, 0.25) is 0 Å². The summed E-state index contributed by atoms with van der Waals surface area (Å²) in [6.45, 7) is 6.86. The van der Waals surface area contributed by atoms with Crippen molar-refractivity contribution in [1.82, 2.24) is 18.7 Å². The van der Waals surface area contributed by atoms with E-state index >= 15 is 0 Å². The minimum absolute atomic E-state index is 0.0779. The Balaban J connectivity index is 2.25. The second-order valence-corrected chi connectivity index (χ2v) is 9.56. The summed E-state index contributed by atoms with van der Waals surface area (Å²) in [7, 11) is 0. The van der Waals surface area contributed by atoms with Gasteiger partial charge in [-0.15, -0.1) is 11.3 Å². The van der Waals surface area contributed by atoms with E-state index in [0.717, 1.165) is 20.5 Å². The maximum Gasteiger partial charge on any atom is 0.390 e. The zero-order chi connectivity index (χ0) is 22.4. The molecule has 1 N–H and O–H groups in total. The summed E-state index contributed by atoms with van der Waals surface area (Å²) in [6, 6.07) is 0. The Labute approximate surface area is 173 Å². The second-order valence-electron chi connectivity index (χ2n) is 8.47. The monoisotopic (exact) mass is 444 g/mol. The van der Waals surface area contributed by atoms with Gasteiger partial charge in [0.2, 0.25) is 0 Å². The van der Waals surface area contributed by atoms with Crippen LogP contribution in [0, 0.1) is 12.3 Å². The smallest absolute Gasteiger partial charge is 0.313 e. The average Bonchev–Trinajstić information content (AvgIpc) is 3.14. The predicted molar refractivity (Wildman–Crippen MR) is 109 cm³/mol. The average molecular weight is 444 g/mol. The molecule has 0 aromatic carbocycles. The third kappa shape index (κ3) is 4.45. The topological polar surface area (TPSA) is 81.8 Å². The first-order valence-electron chi connectivity index (χ1n) is 9.35. The molecule has 0 saturated heterocycles. The Morgan fingerprint density at radius 2 is 1.77 bits per heavy atom. The number of alkyl halides is 3. The van der Waals surface area contributed by atoms with Gasteiger partial charge in [0, 0.05) is 30.4 Å². The molecule has 3 aromatic heterocycles. The molecule has 0 aliphatic heterocycles. The summed E-state index contributed by atoms with van der Waals surface area (Å²) >= 11 is 1.07. The SMILES string of the molecule is Cc1c(Cn2cc[nH]c2=O)sc2c1c(=O)n(CC(C)(C)C)c(=O)n2CCC(F)(F)F. The normalized spacial score (nSPS) is 12.8. The van der Waals surface area contributed by atoms with Gasteiger partial charge < -0.3 is 4.98 Å². The van der Waals surface area contributed by atoms with E-state index in [0.29, 0.717) is 10.4 Å². The maximum absolute atomic E-state index is 13.1. The molecule has 0 atom stereocenters. The summed E-state index contributed by atoms with van der Waals surface area (Å²) in [5.74, 6) is 0. The van der Waals surface area contributed by atoms with Crippen molar-refractivity contribution in [1.29, 1.82) is 0 Å². The summed E-state index contributed by atoms with van der Waals surface area (Å²) < 4.78 is 42.1. The molecular weight excluding hydrogens is 421 g/mol. The number of H-pyrrole nitrogens is 1. The van der Waals surface area contributed by atoms with Gasteiger partial charge in [0.1, 0.15) is 4.83 Å². The number of aryl methyl sites for hydroxylation is 2. The first-order valence-corrected chi connectivity index (χ1v) is 10.2. The lowest BCUT2D eigenvalue weighted by Crippen LogP contribution is -2.42. The fourth-order valence-corrected chi connectivity index (χ4v) is 4.58. The molecule has 164 valence electrons. The number of aromatic nitrogens is 4. The number of aromatic amines is 1. The molecule has 30 heavy (non-hydrogen) atoms. The zero-order valence-corrected chi connectivity index (χ0v) is 17.9. The molecule has 0 aliphatic rings. The Morgan fingerprint density at radius 3 is 2.30 bits per heavy atom. The molecule has 0 spiro atoms. The minimum atomic E-state index is -4.44. The second kappa shape index (κ2) is 7.60. The molecule has 0 saturated carbocycles. The third-order valence-electron chi connectivity index (χ3n) is 4.68. The van der Waals surface area contributed by atoms with E-state index in [4.69, 9.17) is 0 Å². The maximum atomic E-state index is 13.1. The highest BCUT2D eigenvalue weighted by Crippen LogP contribution is 2.30. The lowest BCUT2D eigenvalue weighted by Gasteiger charge is -2.20. The number of hydrogen-bond acceptors (Lipinski definition) is 4. The number of thiophene rings is 1. The molecule has 3 heterocycles. The first-order chi connectivity index (χ1) is 13.8. The van der Waals surface area contributed by atoms with Crippen molar-refractivity contribution in [3.8, 4) is 0 Å². The lowest BCUT2D eigenvalue weighted by atomic mass is 9.97. The van der Waals surface area contributed by atoms with Crippen LogP contribution in [0.1, 0.15) is 37.6 Å². The van der Waals surface area contributed by atoms with Gasteiger partial charge in [0.25, 0.3) is 5.56 Å². The molecule has 0 amide bonds. The van der Waals surface area contributed by atoms with Crippen LogP contribution in [-0.4, -0.2) is 24.9 Å². The molecule has 7 nitrogen and oxygen atoms in total. The number of nitrogens with one attached hydrogen (secondary N) is 1. The van der Waals surface area contributed by atoms with Gasteiger partial charge in [-0.25, -0.2) is 9.59 Å². The van der Waals surface area contributed by atoms with Gasteiger partial charge in [-0.05, 0) is 17.9 Å².